The quantitative estimate of drug-likeness (QED) is 0.400. The van der Waals surface area contributed by atoms with E-state index in [1.165, 1.54) is 0 Å². The summed E-state index contributed by atoms with van der Waals surface area (Å²) in [5.74, 6) is 0.0461. The second-order valence-electron chi connectivity index (χ2n) is 4.51. The van der Waals surface area contributed by atoms with Crippen molar-refractivity contribution < 1.29 is 14.6 Å². The minimum Gasteiger partial charge on any atom is -0.506 e. The van der Waals surface area contributed by atoms with E-state index in [9.17, 15) is 9.90 Å². The summed E-state index contributed by atoms with van der Waals surface area (Å²) < 4.78 is 6.53. The van der Waals surface area contributed by atoms with Crippen LogP contribution in [0.1, 0.15) is 5.56 Å². The second kappa shape index (κ2) is 8.06. The Labute approximate surface area is 144 Å². The van der Waals surface area contributed by atoms with Gasteiger partial charge in [0.1, 0.15) is 5.75 Å². The summed E-state index contributed by atoms with van der Waals surface area (Å²) in [4.78, 5) is 13.8. The fraction of sp³-hybridized carbons (Fsp3) is 0.385. The molecule has 0 aromatic heterocycles. The van der Waals surface area contributed by atoms with E-state index in [0.29, 0.717) is 27.8 Å². The third-order valence-corrected chi connectivity index (χ3v) is 4.34. The molecule has 0 saturated carbocycles. The first-order valence-electron chi connectivity index (χ1n) is 6.36. The van der Waals surface area contributed by atoms with Crippen molar-refractivity contribution in [3.05, 3.63) is 25.7 Å². The third-order valence-electron chi connectivity index (χ3n) is 2.91. The summed E-state index contributed by atoms with van der Waals surface area (Å²) in [6, 6.07) is 3.51. The number of nitrogens with zero attached hydrogens (tertiary/aromatic N) is 2. The number of hydrazone groups is 1. The highest BCUT2D eigenvalue weighted by Crippen LogP contribution is 2.29. The van der Waals surface area contributed by atoms with Gasteiger partial charge in [-0.3, -0.25) is 9.69 Å². The maximum Gasteiger partial charge on any atom is 0.254 e. The largest absolute Gasteiger partial charge is 0.506 e. The van der Waals surface area contributed by atoms with Gasteiger partial charge in [-0.05, 0) is 56.2 Å². The van der Waals surface area contributed by atoms with Crippen LogP contribution in [0.2, 0.25) is 0 Å². The molecule has 1 fully saturated rings. The molecule has 0 unspecified atom stereocenters. The van der Waals surface area contributed by atoms with Crippen LogP contribution in [0.5, 0.6) is 5.75 Å². The van der Waals surface area contributed by atoms with Crippen LogP contribution in [0.25, 0.3) is 0 Å². The van der Waals surface area contributed by atoms with E-state index in [4.69, 9.17) is 4.74 Å². The van der Waals surface area contributed by atoms with Gasteiger partial charge in [-0.2, -0.15) is 5.10 Å². The number of hydrogen-bond acceptors (Lipinski definition) is 5. The maximum atomic E-state index is 11.7. The van der Waals surface area contributed by atoms with Gasteiger partial charge in [0.15, 0.2) is 0 Å². The number of benzene rings is 1. The monoisotopic (exact) mass is 467 g/mol. The lowest BCUT2D eigenvalue weighted by atomic mass is 10.2. The predicted octanol–water partition coefficient (Wildman–Crippen LogP) is 1.54. The summed E-state index contributed by atoms with van der Waals surface area (Å²) in [6.45, 7) is 3.17. The lowest BCUT2D eigenvalue weighted by Crippen LogP contribution is -2.42. The Kier molecular flexibility index (Phi) is 6.40. The molecule has 6 nitrogen and oxygen atoms in total. The standard InChI is InChI=1S/C13H15BrIN3O3/c14-10-5-9(6-11(15)13(10)20)7-16-17-12(19)8-18-1-3-21-4-2-18/h5-7,20H,1-4,8H2,(H,17,19)/b16-7+. The summed E-state index contributed by atoms with van der Waals surface area (Å²) in [6.07, 6.45) is 1.55. The third kappa shape index (κ3) is 5.20. The van der Waals surface area contributed by atoms with E-state index in [-0.39, 0.29) is 11.7 Å². The van der Waals surface area contributed by atoms with E-state index in [1.807, 2.05) is 27.5 Å². The van der Waals surface area contributed by atoms with E-state index < -0.39 is 0 Å². The highest BCUT2D eigenvalue weighted by molar-refractivity contribution is 14.1. The van der Waals surface area contributed by atoms with Gasteiger partial charge < -0.3 is 9.84 Å². The number of hydrogen-bond donors (Lipinski definition) is 2. The SMILES string of the molecule is O=C(CN1CCOCC1)N/N=C/c1cc(Br)c(O)c(I)c1. The highest BCUT2D eigenvalue weighted by atomic mass is 127. The maximum absolute atomic E-state index is 11.7. The first kappa shape index (κ1) is 16.7. The molecule has 1 aliphatic rings. The van der Waals surface area contributed by atoms with Gasteiger partial charge in [0.2, 0.25) is 0 Å². The Balaban J connectivity index is 1.85. The first-order valence-corrected chi connectivity index (χ1v) is 8.23. The smallest absolute Gasteiger partial charge is 0.254 e. The molecule has 1 aromatic carbocycles. The van der Waals surface area contributed by atoms with Crippen LogP contribution in [0.4, 0.5) is 0 Å². The van der Waals surface area contributed by atoms with Crippen LogP contribution in [0.3, 0.4) is 0 Å². The topological polar surface area (TPSA) is 74.2 Å². The zero-order chi connectivity index (χ0) is 15.2. The molecule has 1 aromatic rings. The molecule has 2 rings (SSSR count). The average molecular weight is 468 g/mol. The van der Waals surface area contributed by atoms with Crippen molar-refractivity contribution in [2.24, 2.45) is 5.10 Å². The van der Waals surface area contributed by atoms with Gasteiger partial charge in [0, 0.05) is 13.1 Å². The number of morpholine rings is 1. The number of phenolic OH excluding ortho intramolecular Hbond substituents is 1. The first-order chi connectivity index (χ1) is 10.1. The molecule has 0 atom stereocenters. The number of carbonyl (C=O) groups is 1. The Morgan fingerprint density at radius 2 is 2.24 bits per heavy atom. The van der Waals surface area contributed by atoms with E-state index in [1.54, 1.807) is 18.3 Å². The molecule has 0 radical (unpaired) electrons. The van der Waals surface area contributed by atoms with Crippen LogP contribution in [0.15, 0.2) is 21.7 Å². The zero-order valence-electron chi connectivity index (χ0n) is 11.2. The molecule has 0 bridgehead atoms. The van der Waals surface area contributed by atoms with Crippen LogP contribution in [-0.2, 0) is 9.53 Å². The van der Waals surface area contributed by atoms with Crippen molar-refractivity contribution in [1.29, 1.82) is 0 Å². The van der Waals surface area contributed by atoms with Gasteiger partial charge >= 0.3 is 0 Å². The number of nitrogens with one attached hydrogen (secondary N) is 1. The molecule has 0 spiro atoms. The van der Waals surface area contributed by atoms with Crippen molar-refractivity contribution >= 4 is 50.6 Å². The number of halogens is 2. The van der Waals surface area contributed by atoms with Gasteiger partial charge in [-0.15, -0.1) is 0 Å². The summed E-state index contributed by atoms with van der Waals surface area (Å²) >= 11 is 5.29. The van der Waals surface area contributed by atoms with Crippen LogP contribution >= 0.6 is 38.5 Å². The van der Waals surface area contributed by atoms with Crippen LogP contribution in [-0.4, -0.2) is 55.0 Å². The second-order valence-corrected chi connectivity index (χ2v) is 6.53. The summed E-state index contributed by atoms with van der Waals surface area (Å²) in [5.41, 5.74) is 3.29. The number of amides is 1. The van der Waals surface area contributed by atoms with Crippen LogP contribution in [0, 0.1) is 3.57 Å². The summed E-state index contributed by atoms with van der Waals surface area (Å²) in [7, 11) is 0. The highest BCUT2D eigenvalue weighted by Gasteiger charge is 2.13. The zero-order valence-corrected chi connectivity index (χ0v) is 14.9. The van der Waals surface area contributed by atoms with Gasteiger partial charge in [-0.25, -0.2) is 5.43 Å². The Bertz CT molecular complexity index is 524. The minimum atomic E-state index is -0.152. The number of phenols is 1. The molecule has 1 heterocycles. The van der Waals surface area contributed by atoms with Crippen molar-refractivity contribution in [2.75, 3.05) is 32.8 Å². The number of aromatic hydroxyl groups is 1. The Hall–Kier alpha value is -0.710. The molecule has 21 heavy (non-hydrogen) atoms. The molecule has 1 amide bonds. The Morgan fingerprint density at radius 3 is 2.90 bits per heavy atom. The van der Waals surface area contributed by atoms with Crippen molar-refractivity contribution in [3.8, 4) is 5.75 Å². The number of carbonyl (C=O) groups excluding carboxylic acids is 1. The van der Waals surface area contributed by atoms with E-state index >= 15 is 0 Å². The van der Waals surface area contributed by atoms with Crippen molar-refractivity contribution in [3.63, 3.8) is 0 Å². The van der Waals surface area contributed by atoms with E-state index in [2.05, 4.69) is 26.5 Å². The normalized spacial score (nSPS) is 16.3. The summed E-state index contributed by atoms with van der Waals surface area (Å²) in [5, 5.41) is 13.6. The fourth-order valence-electron chi connectivity index (χ4n) is 1.84. The molecule has 1 saturated heterocycles. The number of ether oxygens (including phenoxy) is 1. The molecule has 8 heteroatoms. The molecule has 0 aliphatic carbocycles. The van der Waals surface area contributed by atoms with Crippen molar-refractivity contribution in [2.45, 2.75) is 0 Å². The van der Waals surface area contributed by atoms with E-state index in [0.717, 1.165) is 18.7 Å². The molecular weight excluding hydrogens is 453 g/mol. The molecule has 114 valence electrons. The van der Waals surface area contributed by atoms with Gasteiger partial charge in [0.25, 0.3) is 5.91 Å². The minimum absolute atomic E-state index is 0.152. The predicted molar refractivity (Wildman–Crippen MR) is 91.5 cm³/mol. The van der Waals surface area contributed by atoms with Gasteiger partial charge in [-0.1, -0.05) is 0 Å². The lowest BCUT2D eigenvalue weighted by Gasteiger charge is -2.25. The molecule has 2 N–H and O–H groups in total. The van der Waals surface area contributed by atoms with Crippen LogP contribution < -0.4 is 5.43 Å². The van der Waals surface area contributed by atoms with Gasteiger partial charge in [0.05, 0.1) is 34.0 Å². The Morgan fingerprint density at radius 1 is 1.52 bits per heavy atom. The fourth-order valence-corrected chi connectivity index (χ4v) is 3.33. The lowest BCUT2D eigenvalue weighted by molar-refractivity contribution is -0.123. The molecule has 1 aliphatic heterocycles. The van der Waals surface area contributed by atoms with Crippen molar-refractivity contribution in [1.82, 2.24) is 10.3 Å². The molecular formula is C13H15BrIN3O3. The average Bonchev–Trinajstić information content (AvgIpc) is 2.45. The number of rotatable bonds is 4.